The summed E-state index contributed by atoms with van der Waals surface area (Å²) < 4.78 is 0. The van der Waals surface area contributed by atoms with Crippen LogP contribution < -0.4 is 4.90 Å². The van der Waals surface area contributed by atoms with E-state index in [0.717, 1.165) is 17.9 Å². The SMILES string of the molecule is Cc1cc(N2C[C@@H](C(=O)O)[C@H](C3CC3)C2)ccn1. The molecular weight excluding hydrogens is 228 g/mol. The van der Waals surface area contributed by atoms with Gasteiger partial charge >= 0.3 is 5.97 Å². The molecule has 3 rings (SSSR count). The number of carboxylic acids is 1. The number of pyridine rings is 1. The predicted octanol–water partition coefficient (Wildman–Crippen LogP) is 1.94. The van der Waals surface area contributed by atoms with E-state index >= 15 is 0 Å². The molecule has 0 aromatic carbocycles. The minimum atomic E-state index is -0.639. The maximum atomic E-state index is 11.3. The first-order chi connectivity index (χ1) is 8.65. The topological polar surface area (TPSA) is 53.4 Å². The van der Waals surface area contributed by atoms with E-state index in [9.17, 15) is 9.90 Å². The van der Waals surface area contributed by atoms with Crippen LogP contribution in [0.3, 0.4) is 0 Å². The van der Waals surface area contributed by atoms with Crippen molar-refractivity contribution in [2.45, 2.75) is 19.8 Å². The first-order valence-electron chi connectivity index (χ1n) is 6.55. The Bertz CT molecular complexity index is 471. The highest BCUT2D eigenvalue weighted by atomic mass is 16.4. The zero-order chi connectivity index (χ0) is 12.7. The van der Waals surface area contributed by atoms with E-state index in [1.165, 1.54) is 12.8 Å². The molecule has 0 bridgehead atoms. The van der Waals surface area contributed by atoms with Gasteiger partial charge in [0.25, 0.3) is 0 Å². The molecule has 4 nitrogen and oxygen atoms in total. The van der Waals surface area contributed by atoms with Crippen molar-refractivity contribution in [1.82, 2.24) is 4.98 Å². The molecule has 96 valence electrons. The lowest BCUT2D eigenvalue weighted by Gasteiger charge is -2.18. The van der Waals surface area contributed by atoms with Gasteiger partial charge in [-0.1, -0.05) is 0 Å². The van der Waals surface area contributed by atoms with E-state index < -0.39 is 5.97 Å². The molecule has 1 aromatic heterocycles. The molecule has 2 atom stereocenters. The van der Waals surface area contributed by atoms with Crippen LogP contribution in [0.2, 0.25) is 0 Å². The van der Waals surface area contributed by atoms with E-state index in [4.69, 9.17) is 0 Å². The van der Waals surface area contributed by atoms with Gasteiger partial charge in [0.1, 0.15) is 0 Å². The molecule has 1 aliphatic heterocycles. The molecular formula is C14H18N2O2. The highest BCUT2D eigenvalue weighted by Crippen LogP contribution is 2.44. The number of carbonyl (C=O) groups is 1. The molecule has 1 N–H and O–H groups in total. The Hall–Kier alpha value is -1.58. The summed E-state index contributed by atoms with van der Waals surface area (Å²) in [6, 6.07) is 4.01. The number of hydrogen-bond acceptors (Lipinski definition) is 3. The van der Waals surface area contributed by atoms with Crippen LogP contribution in [-0.4, -0.2) is 29.1 Å². The van der Waals surface area contributed by atoms with Crippen LogP contribution in [-0.2, 0) is 4.79 Å². The number of aromatic nitrogens is 1. The van der Waals surface area contributed by atoms with E-state index in [2.05, 4.69) is 9.88 Å². The third-order valence-electron chi connectivity index (χ3n) is 4.16. The maximum absolute atomic E-state index is 11.3. The van der Waals surface area contributed by atoms with Gasteiger partial charge in [0, 0.05) is 30.7 Å². The van der Waals surface area contributed by atoms with E-state index in [-0.39, 0.29) is 5.92 Å². The molecule has 2 heterocycles. The summed E-state index contributed by atoms with van der Waals surface area (Å²) in [4.78, 5) is 17.7. The van der Waals surface area contributed by atoms with Gasteiger partial charge in [-0.2, -0.15) is 0 Å². The normalized spacial score (nSPS) is 27.5. The van der Waals surface area contributed by atoms with Gasteiger partial charge in [-0.3, -0.25) is 9.78 Å². The van der Waals surface area contributed by atoms with Crippen molar-refractivity contribution < 1.29 is 9.90 Å². The first-order valence-corrected chi connectivity index (χ1v) is 6.55. The Morgan fingerprint density at radius 1 is 1.44 bits per heavy atom. The number of hydrogen-bond donors (Lipinski definition) is 1. The number of rotatable bonds is 3. The molecule has 18 heavy (non-hydrogen) atoms. The fourth-order valence-corrected chi connectivity index (χ4v) is 3.03. The van der Waals surface area contributed by atoms with Crippen molar-refractivity contribution in [2.24, 2.45) is 17.8 Å². The van der Waals surface area contributed by atoms with Gasteiger partial charge < -0.3 is 10.0 Å². The Balaban J connectivity index is 1.81. The van der Waals surface area contributed by atoms with Crippen LogP contribution in [0.1, 0.15) is 18.5 Å². The Labute approximate surface area is 107 Å². The van der Waals surface area contributed by atoms with Gasteiger partial charge in [-0.05, 0) is 43.7 Å². The van der Waals surface area contributed by atoms with Crippen molar-refractivity contribution in [3.05, 3.63) is 24.0 Å². The molecule has 2 fully saturated rings. The first kappa shape index (κ1) is 11.5. The molecule has 2 aliphatic rings. The van der Waals surface area contributed by atoms with Crippen LogP contribution in [0.4, 0.5) is 5.69 Å². The summed E-state index contributed by atoms with van der Waals surface area (Å²) in [5.74, 6) is 0.126. The minimum absolute atomic E-state index is 0.203. The standard InChI is InChI=1S/C14H18N2O2/c1-9-6-11(4-5-15-9)16-7-12(10-2-3-10)13(8-16)14(17)18/h4-6,10,12-13H,2-3,7-8H2,1H3,(H,17,18)/t12-,13+/m0/s1. The summed E-state index contributed by atoms with van der Waals surface area (Å²) in [6.07, 6.45) is 4.21. The third-order valence-corrected chi connectivity index (χ3v) is 4.16. The monoisotopic (exact) mass is 246 g/mol. The lowest BCUT2D eigenvalue weighted by Crippen LogP contribution is -2.24. The van der Waals surface area contributed by atoms with Gasteiger partial charge in [0.05, 0.1) is 5.92 Å². The summed E-state index contributed by atoms with van der Waals surface area (Å²) in [5, 5.41) is 9.34. The van der Waals surface area contributed by atoms with Gasteiger partial charge in [0.15, 0.2) is 0 Å². The molecule has 0 radical (unpaired) electrons. The second kappa shape index (κ2) is 4.26. The van der Waals surface area contributed by atoms with E-state index in [1.54, 1.807) is 6.20 Å². The quantitative estimate of drug-likeness (QED) is 0.885. The van der Waals surface area contributed by atoms with Crippen molar-refractivity contribution in [2.75, 3.05) is 18.0 Å². The van der Waals surface area contributed by atoms with Crippen molar-refractivity contribution >= 4 is 11.7 Å². The highest BCUT2D eigenvalue weighted by molar-refractivity contribution is 5.73. The van der Waals surface area contributed by atoms with Crippen molar-refractivity contribution in [1.29, 1.82) is 0 Å². The fraction of sp³-hybridized carbons (Fsp3) is 0.571. The highest BCUT2D eigenvalue weighted by Gasteiger charge is 2.45. The number of aryl methyl sites for hydroxylation is 1. The summed E-state index contributed by atoms with van der Waals surface area (Å²) in [6.45, 7) is 3.48. The van der Waals surface area contributed by atoms with E-state index in [1.807, 2.05) is 19.1 Å². The average molecular weight is 246 g/mol. The zero-order valence-electron chi connectivity index (χ0n) is 10.5. The second-order valence-electron chi connectivity index (χ2n) is 5.51. The number of aliphatic carboxylic acids is 1. The molecule has 1 aliphatic carbocycles. The molecule has 1 saturated carbocycles. The largest absolute Gasteiger partial charge is 0.481 e. The number of nitrogens with zero attached hydrogens (tertiary/aromatic N) is 2. The summed E-state index contributed by atoms with van der Waals surface area (Å²) in [5.41, 5.74) is 2.09. The van der Waals surface area contributed by atoms with Crippen LogP contribution >= 0.6 is 0 Å². The van der Waals surface area contributed by atoms with Crippen LogP contribution in [0.15, 0.2) is 18.3 Å². The van der Waals surface area contributed by atoms with Crippen molar-refractivity contribution in [3.63, 3.8) is 0 Å². The van der Waals surface area contributed by atoms with E-state index in [0.29, 0.717) is 18.4 Å². The molecule has 0 amide bonds. The molecule has 1 aromatic rings. The molecule has 0 unspecified atom stereocenters. The van der Waals surface area contributed by atoms with Crippen LogP contribution in [0.25, 0.3) is 0 Å². The van der Waals surface area contributed by atoms with Gasteiger partial charge in [0.2, 0.25) is 0 Å². The molecule has 0 spiro atoms. The zero-order valence-corrected chi connectivity index (χ0v) is 10.5. The molecule has 4 heteroatoms. The molecule has 1 saturated heterocycles. The lowest BCUT2D eigenvalue weighted by atomic mass is 9.92. The Kier molecular flexibility index (Phi) is 2.73. The smallest absolute Gasteiger partial charge is 0.308 e. The van der Waals surface area contributed by atoms with Crippen molar-refractivity contribution in [3.8, 4) is 0 Å². The maximum Gasteiger partial charge on any atom is 0.308 e. The summed E-state index contributed by atoms with van der Waals surface area (Å²) >= 11 is 0. The Morgan fingerprint density at radius 3 is 2.83 bits per heavy atom. The lowest BCUT2D eigenvalue weighted by molar-refractivity contribution is -0.142. The van der Waals surface area contributed by atoms with Crippen LogP contribution in [0.5, 0.6) is 0 Å². The average Bonchev–Trinajstić information content (AvgIpc) is 3.07. The summed E-state index contributed by atoms with van der Waals surface area (Å²) in [7, 11) is 0. The fourth-order valence-electron chi connectivity index (χ4n) is 3.03. The van der Waals surface area contributed by atoms with Gasteiger partial charge in [-0.25, -0.2) is 0 Å². The second-order valence-corrected chi connectivity index (χ2v) is 5.51. The van der Waals surface area contributed by atoms with Crippen LogP contribution in [0, 0.1) is 24.7 Å². The number of anilines is 1. The third kappa shape index (κ3) is 2.07. The Morgan fingerprint density at radius 2 is 2.22 bits per heavy atom. The predicted molar refractivity (Wildman–Crippen MR) is 68.5 cm³/mol. The minimum Gasteiger partial charge on any atom is -0.481 e. The number of carboxylic acid groups (broad SMARTS) is 1. The van der Waals surface area contributed by atoms with Gasteiger partial charge in [-0.15, -0.1) is 0 Å².